The van der Waals surface area contributed by atoms with Gasteiger partial charge < -0.3 is 14.0 Å². The van der Waals surface area contributed by atoms with Crippen LogP contribution in [0.3, 0.4) is 0 Å². The van der Waals surface area contributed by atoms with Crippen LogP contribution in [0.1, 0.15) is 15.9 Å². The maximum Gasteiger partial charge on any atom is 0.273 e. The Balaban J connectivity index is 1.72. The molecule has 28 heavy (non-hydrogen) atoms. The number of benzene rings is 2. The molecule has 1 amide bonds. The number of hydrogen-bond donors (Lipinski definition) is 1. The molecule has 0 aliphatic heterocycles. The number of ether oxygens (including phenoxy) is 2. The van der Waals surface area contributed by atoms with E-state index in [1.54, 1.807) is 30.3 Å². The van der Waals surface area contributed by atoms with Crippen LogP contribution in [0.15, 0.2) is 72.1 Å². The van der Waals surface area contributed by atoms with Crippen molar-refractivity contribution in [2.75, 3.05) is 13.7 Å². The van der Waals surface area contributed by atoms with Crippen molar-refractivity contribution in [2.24, 2.45) is 5.10 Å². The molecule has 0 spiro atoms. The van der Waals surface area contributed by atoms with Gasteiger partial charge in [0.1, 0.15) is 6.07 Å². The maximum absolute atomic E-state index is 12.5. The molecule has 0 saturated heterocycles. The van der Waals surface area contributed by atoms with Crippen LogP contribution in [0.25, 0.3) is 5.69 Å². The predicted molar refractivity (Wildman–Crippen MR) is 105 cm³/mol. The molecule has 0 bridgehead atoms. The number of para-hydroxylation sites is 1. The predicted octanol–water partition coefficient (Wildman–Crippen LogP) is 3.15. The third kappa shape index (κ3) is 4.37. The van der Waals surface area contributed by atoms with E-state index in [4.69, 9.17) is 14.7 Å². The Labute approximate surface area is 162 Å². The van der Waals surface area contributed by atoms with Gasteiger partial charge >= 0.3 is 0 Å². The molecule has 0 fully saturated rings. The quantitative estimate of drug-likeness (QED) is 0.508. The van der Waals surface area contributed by atoms with E-state index < -0.39 is 0 Å². The van der Waals surface area contributed by atoms with Gasteiger partial charge in [-0.05, 0) is 48.0 Å². The minimum atomic E-state index is -0.318. The van der Waals surface area contributed by atoms with Gasteiger partial charge in [-0.15, -0.1) is 0 Å². The molecule has 3 rings (SSSR count). The molecule has 3 aromatic rings. The normalized spacial score (nSPS) is 10.4. The van der Waals surface area contributed by atoms with Gasteiger partial charge in [-0.25, -0.2) is 5.43 Å². The summed E-state index contributed by atoms with van der Waals surface area (Å²) in [5, 5.41) is 12.6. The van der Waals surface area contributed by atoms with Crippen LogP contribution >= 0.6 is 0 Å². The molecule has 0 radical (unpaired) electrons. The van der Waals surface area contributed by atoms with Crippen LogP contribution in [0.4, 0.5) is 0 Å². The summed E-state index contributed by atoms with van der Waals surface area (Å²) in [5.74, 6) is 0.621. The highest BCUT2D eigenvalue weighted by molar-refractivity contribution is 5.98. The molecule has 0 aliphatic carbocycles. The summed E-state index contributed by atoms with van der Waals surface area (Å²) in [4.78, 5) is 12.5. The second-order valence-corrected chi connectivity index (χ2v) is 5.66. The Morgan fingerprint density at radius 3 is 2.71 bits per heavy atom. The number of carbonyl (C=O) groups is 1. The first-order valence-corrected chi connectivity index (χ1v) is 8.46. The first-order chi connectivity index (χ1) is 13.7. The first kappa shape index (κ1) is 18.7. The molecule has 2 aromatic carbocycles. The average Bonchev–Trinajstić information content (AvgIpc) is 3.27. The number of aromatic nitrogens is 1. The number of nitrogens with zero attached hydrogens (tertiary/aromatic N) is 3. The Bertz CT molecular complexity index is 1020. The SMILES string of the molecule is COc1cc(/C=N\NC(=O)c2ccccc2-n2cccc2)ccc1OCC#N. The molecule has 1 heterocycles. The number of carbonyl (C=O) groups excluding carboxylic acids is 1. The van der Waals surface area contributed by atoms with Crippen LogP contribution in [0, 0.1) is 11.3 Å². The summed E-state index contributed by atoms with van der Waals surface area (Å²) in [7, 11) is 1.51. The number of nitrogens with one attached hydrogen (secondary N) is 1. The van der Waals surface area contributed by atoms with E-state index in [1.165, 1.54) is 13.3 Å². The lowest BCUT2D eigenvalue weighted by Gasteiger charge is -2.09. The van der Waals surface area contributed by atoms with Gasteiger partial charge in [0, 0.05) is 12.4 Å². The smallest absolute Gasteiger partial charge is 0.273 e. The molecule has 140 valence electrons. The van der Waals surface area contributed by atoms with E-state index in [9.17, 15) is 4.79 Å². The number of hydrazone groups is 1. The number of nitriles is 1. The van der Waals surface area contributed by atoms with Crippen LogP contribution in [-0.4, -0.2) is 30.4 Å². The molecular weight excluding hydrogens is 356 g/mol. The minimum Gasteiger partial charge on any atom is -0.493 e. The zero-order chi connectivity index (χ0) is 19.8. The summed E-state index contributed by atoms with van der Waals surface area (Å²) in [6, 6.07) is 18.1. The van der Waals surface area contributed by atoms with Crippen molar-refractivity contribution in [2.45, 2.75) is 0 Å². The highest BCUT2D eigenvalue weighted by Crippen LogP contribution is 2.27. The Hall–Kier alpha value is -4.05. The number of amides is 1. The highest BCUT2D eigenvalue weighted by atomic mass is 16.5. The summed E-state index contributed by atoms with van der Waals surface area (Å²) in [6.07, 6.45) is 5.25. The van der Waals surface area contributed by atoms with Crippen LogP contribution in [-0.2, 0) is 0 Å². The molecule has 0 saturated carbocycles. The largest absolute Gasteiger partial charge is 0.493 e. The molecule has 7 heteroatoms. The van der Waals surface area contributed by atoms with Crippen LogP contribution < -0.4 is 14.9 Å². The van der Waals surface area contributed by atoms with Gasteiger partial charge in [0.25, 0.3) is 5.91 Å². The van der Waals surface area contributed by atoms with Gasteiger partial charge in [-0.1, -0.05) is 12.1 Å². The molecule has 0 atom stereocenters. The van der Waals surface area contributed by atoms with Crippen molar-refractivity contribution in [1.82, 2.24) is 9.99 Å². The molecule has 1 N–H and O–H groups in total. The summed E-state index contributed by atoms with van der Waals surface area (Å²) in [6.45, 7) is -0.0688. The zero-order valence-corrected chi connectivity index (χ0v) is 15.2. The van der Waals surface area contributed by atoms with Crippen molar-refractivity contribution >= 4 is 12.1 Å². The van der Waals surface area contributed by atoms with E-state index >= 15 is 0 Å². The first-order valence-electron chi connectivity index (χ1n) is 8.46. The third-order valence-electron chi connectivity index (χ3n) is 3.89. The standard InChI is InChI=1S/C21H18N4O3/c1-27-20-14-16(8-9-19(20)28-13-10-22)15-23-24-21(26)17-6-2-3-7-18(17)25-11-4-5-12-25/h2-9,11-12,14-15H,13H2,1H3,(H,24,26)/b23-15-. The van der Waals surface area contributed by atoms with Gasteiger partial charge in [-0.2, -0.15) is 10.4 Å². The molecule has 0 unspecified atom stereocenters. The van der Waals surface area contributed by atoms with Gasteiger partial charge in [0.2, 0.25) is 0 Å². The fraction of sp³-hybridized carbons (Fsp3) is 0.0952. The second kappa shape index (κ2) is 9.05. The van der Waals surface area contributed by atoms with Crippen molar-refractivity contribution in [3.63, 3.8) is 0 Å². The lowest BCUT2D eigenvalue weighted by molar-refractivity contribution is 0.0955. The van der Waals surface area contributed by atoms with Crippen molar-refractivity contribution < 1.29 is 14.3 Å². The van der Waals surface area contributed by atoms with Gasteiger partial charge in [0.15, 0.2) is 18.1 Å². The molecule has 1 aromatic heterocycles. The highest BCUT2D eigenvalue weighted by Gasteiger charge is 2.11. The minimum absolute atomic E-state index is 0.0688. The molecule has 7 nitrogen and oxygen atoms in total. The fourth-order valence-electron chi connectivity index (χ4n) is 2.61. The second-order valence-electron chi connectivity index (χ2n) is 5.66. The van der Waals surface area contributed by atoms with E-state index in [0.29, 0.717) is 22.6 Å². The Morgan fingerprint density at radius 1 is 1.18 bits per heavy atom. The average molecular weight is 374 g/mol. The molecular formula is C21H18N4O3. The van der Waals surface area contributed by atoms with Crippen molar-refractivity contribution in [1.29, 1.82) is 5.26 Å². The zero-order valence-electron chi connectivity index (χ0n) is 15.2. The monoisotopic (exact) mass is 374 g/mol. The fourth-order valence-corrected chi connectivity index (χ4v) is 2.61. The number of methoxy groups -OCH3 is 1. The molecule has 0 aliphatic rings. The van der Waals surface area contributed by atoms with E-state index in [2.05, 4.69) is 10.5 Å². The van der Waals surface area contributed by atoms with Crippen LogP contribution in [0.5, 0.6) is 11.5 Å². The van der Waals surface area contributed by atoms with Crippen molar-refractivity contribution in [3.8, 4) is 23.3 Å². The van der Waals surface area contributed by atoms with Crippen molar-refractivity contribution in [3.05, 3.63) is 78.1 Å². The van der Waals surface area contributed by atoms with E-state index in [0.717, 1.165) is 5.69 Å². The van der Waals surface area contributed by atoms with Crippen LogP contribution in [0.2, 0.25) is 0 Å². The Kier molecular flexibility index (Phi) is 6.06. The summed E-state index contributed by atoms with van der Waals surface area (Å²) in [5.41, 5.74) is 4.52. The van der Waals surface area contributed by atoms with Gasteiger partial charge in [-0.3, -0.25) is 4.79 Å². The summed E-state index contributed by atoms with van der Waals surface area (Å²) >= 11 is 0. The lowest BCUT2D eigenvalue weighted by atomic mass is 10.1. The maximum atomic E-state index is 12.5. The van der Waals surface area contributed by atoms with Gasteiger partial charge in [0.05, 0.1) is 24.6 Å². The Morgan fingerprint density at radius 2 is 1.96 bits per heavy atom. The van der Waals surface area contributed by atoms with E-state index in [1.807, 2.05) is 47.3 Å². The lowest BCUT2D eigenvalue weighted by Crippen LogP contribution is -2.19. The summed E-state index contributed by atoms with van der Waals surface area (Å²) < 4.78 is 12.4. The number of rotatable bonds is 7. The van der Waals surface area contributed by atoms with E-state index in [-0.39, 0.29) is 12.5 Å². The number of hydrogen-bond acceptors (Lipinski definition) is 5. The third-order valence-corrected chi connectivity index (χ3v) is 3.89. The topological polar surface area (TPSA) is 88.6 Å².